The number of hydrogen-bond donors (Lipinski definition) is 0. The van der Waals surface area contributed by atoms with Gasteiger partial charge in [0.15, 0.2) is 0 Å². The third-order valence-electron chi connectivity index (χ3n) is 1.76. The van der Waals surface area contributed by atoms with Crippen molar-refractivity contribution >= 4 is 5.82 Å². The molecule has 0 saturated heterocycles. The van der Waals surface area contributed by atoms with E-state index in [4.69, 9.17) is 11.7 Å². The van der Waals surface area contributed by atoms with Crippen LogP contribution in [0.3, 0.4) is 0 Å². The highest BCUT2D eigenvalue weighted by molar-refractivity contribution is 5.42. The quantitative estimate of drug-likeness (QED) is 0.655. The molecule has 0 radical (unpaired) electrons. The molecule has 1 aromatic rings. The van der Waals surface area contributed by atoms with Crippen molar-refractivity contribution in [1.82, 2.24) is 9.97 Å². The highest BCUT2D eigenvalue weighted by Crippen LogP contribution is 2.09. The Morgan fingerprint density at radius 3 is 2.93 bits per heavy atom. The largest absolute Gasteiger partial charge is 0.346 e. The van der Waals surface area contributed by atoms with E-state index in [1.54, 1.807) is 6.07 Å². The molecule has 0 amide bonds. The standard InChI is InChI=1S/C10H10N4/c1-3-5-14(4-2)10-6-9(7-11)12-8-13-10/h1,6,8H,4-5H2,2H3. The molecule has 0 atom stereocenters. The number of rotatable bonds is 3. The Balaban J connectivity index is 2.94. The molecule has 4 heteroatoms. The summed E-state index contributed by atoms with van der Waals surface area (Å²) in [7, 11) is 0. The van der Waals surface area contributed by atoms with Crippen LogP contribution in [-0.4, -0.2) is 23.1 Å². The molecular weight excluding hydrogens is 176 g/mol. The van der Waals surface area contributed by atoms with Crippen LogP contribution in [0, 0.1) is 23.7 Å². The first kappa shape index (κ1) is 10.0. The number of hydrogen-bond acceptors (Lipinski definition) is 4. The van der Waals surface area contributed by atoms with Gasteiger partial charge in [0.05, 0.1) is 6.54 Å². The first-order valence-electron chi connectivity index (χ1n) is 4.22. The molecule has 14 heavy (non-hydrogen) atoms. The molecule has 0 aromatic carbocycles. The van der Waals surface area contributed by atoms with Crippen LogP contribution in [0.2, 0.25) is 0 Å². The predicted molar refractivity (Wildman–Crippen MR) is 53.5 cm³/mol. The fourth-order valence-corrected chi connectivity index (χ4v) is 1.05. The Labute approximate surface area is 83.2 Å². The lowest BCUT2D eigenvalue weighted by Crippen LogP contribution is -2.24. The Hall–Kier alpha value is -2.07. The van der Waals surface area contributed by atoms with Gasteiger partial charge in [0.1, 0.15) is 23.9 Å². The number of anilines is 1. The van der Waals surface area contributed by atoms with Gasteiger partial charge in [-0.15, -0.1) is 6.42 Å². The molecular formula is C10H10N4. The monoisotopic (exact) mass is 186 g/mol. The highest BCUT2D eigenvalue weighted by atomic mass is 15.2. The molecule has 0 aliphatic heterocycles. The van der Waals surface area contributed by atoms with Gasteiger partial charge in [0.2, 0.25) is 0 Å². The predicted octanol–water partition coefficient (Wildman–Crippen LogP) is 0.808. The second-order valence-electron chi connectivity index (χ2n) is 2.59. The summed E-state index contributed by atoms with van der Waals surface area (Å²) in [6, 6.07) is 3.58. The minimum Gasteiger partial charge on any atom is -0.346 e. The van der Waals surface area contributed by atoms with Crippen LogP contribution in [0.1, 0.15) is 12.6 Å². The van der Waals surface area contributed by atoms with E-state index in [1.807, 2.05) is 17.9 Å². The van der Waals surface area contributed by atoms with Gasteiger partial charge < -0.3 is 4.90 Å². The van der Waals surface area contributed by atoms with Crippen molar-refractivity contribution in [3.63, 3.8) is 0 Å². The molecule has 1 rings (SSSR count). The number of nitrogens with zero attached hydrogens (tertiary/aromatic N) is 4. The minimum absolute atomic E-state index is 0.352. The van der Waals surface area contributed by atoms with E-state index < -0.39 is 0 Å². The van der Waals surface area contributed by atoms with Crippen molar-refractivity contribution in [2.45, 2.75) is 6.92 Å². The van der Waals surface area contributed by atoms with E-state index in [-0.39, 0.29) is 0 Å². The summed E-state index contributed by atoms with van der Waals surface area (Å²) in [5.74, 6) is 3.23. The second kappa shape index (κ2) is 4.84. The zero-order valence-electron chi connectivity index (χ0n) is 7.94. The fourth-order valence-electron chi connectivity index (χ4n) is 1.05. The van der Waals surface area contributed by atoms with Gasteiger partial charge in [-0.05, 0) is 6.92 Å². The van der Waals surface area contributed by atoms with Crippen molar-refractivity contribution in [2.75, 3.05) is 18.0 Å². The molecule has 0 N–H and O–H groups in total. The van der Waals surface area contributed by atoms with Gasteiger partial charge in [-0.1, -0.05) is 5.92 Å². The average Bonchev–Trinajstić information content (AvgIpc) is 2.26. The molecule has 0 saturated carbocycles. The summed E-state index contributed by atoms with van der Waals surface area (Å²) in [6.07, 6.45) is 6.58. The van der Waals surface area contributed by atoms with E-state index >= 15 is 0 Å². The van der Waals surface area contributed by atoms with Crippen molar-refractivity contribution in [3.05, 3.63) is 18.1 Å². The van der Waals surface area contributed by atoms with Gasteiger partial charge in [-0.2, -0.15) is 5.26 Å². The molecule has 0 bridgehead atoms. The van der Waals surface area contributed by atoms with E-state index in [9.17, 15) is 0 Å². The van der Waals surface area contributed by atoms with Gasteiger partial charge in [0.25, 0.3) is 0 Å². The van der Waals surface area contributed by atoms with E-state index in [0.29, 0.717) is 18.1 Å². The van der Waals surface area contributed by atoms with Gasteiger partial charge in [-0.3, -0.25) is 0 Å². The summed E-state index contributed by atoms with van der Waals surface area (Å²) in [5.41, 5.74) is 0.352. The zero-order chi connectivity index (χ0) is 10.4. The number of nitriles is 1. The highest BCUT2D eigenvalue weighted by Gasteiger charge is 2.04. The molecule has 4 nitrogen and oxygen atoms in total. The Morgan fingerprint density at radius 1 is 1.57 bits per heavy atom. The number of terminal acetylenes is 1. The van der Waals surface area contributed by atoms with Gasteiger partial charge in [0, 0.05) is 12.6 Å². The lowest BCUT2D eigenvalue weighted by atomic mass is 10.4. The third kappa shape index (κ3) is 2.21. The van der Waals surface area contributed by atoms with Crippen LogP contribution in [0.25, 0.3) is 0 Å². The summed E-state index contributed by atoms with van der Waals surface area (Å²) in [4.78, 5) is 9.72. The first-order valence-corrected chi connectivity index (χ1v) is 4.22. The van der Waals surface area contributed by atoms with E-state index in [0.717, 1.165) is 6.54 Å². The summed E-state index contributed by atoms with van der Waals surface area (Å²) in [5, 5.41) is 8.65. The Bertz CT molecular complexity index is 386. The maximum absolute atomic E-state index is 8.65. The smallest absolute Gasteiger partial charge is 0.145 e. The Morgan fingerprint density at radius 2 is 2.36 bits per heavy atom. The van der Waals surface area contributed by atoms with Crippen molar-refractivity contribution in [2.24, 2.45) is 0 Å². The first-order chi connectivity index (χ1) is 6.81. The fraction of sp³-hybridized carbons (Fsp3) is 0.300. The molecule has 0 aliphatic carbocycles. The van der Waals surface area contributed by atoms with Crippen LogP contribution in [0.5, 0.6) is 0 Å². The lowest BCUT2D eigenvalue weighted by molar-refractivity contribution is 0.884. The maximum Gasteiger partial charge on any atom is 0.145 e. The molecule has 1 aromatic heterocycles. The molecule has 0 fully saturated rings. The lowest BCUT2D eigenvalue weighted by Gasteiger charge is -2.18. The van der Waals surface area contributed by atoms with E-state index in [2.05, 4.69) is 15.9 Å². The van der Waals surface area contributed by atoms with Crippen LogP contribution in [-0.2, 0) is 0 Å². The van der Waals surface area contributed by atoms with Gasteiger partial charge in [-0.25, -0.2) is 9.97 Å². The van der Waals surface area contributed by atoms with E-state index in [1.165, 1.54) is 6.33 Å². The molecule has 1 heterocycles. The topological polar surface area (TPSA) is 52.8 Å². The maximum atomic E-state index is 8.65. The Kier molecular flexibility index (Phi) is 3.46. The second-order valence-corrected chi connectivity index (χ2v) is 2.59. The normalized spacial score (nSPS) is 8.79. The molecule has 0 spiro atoms. The molecule has 70 valence electrons. The number of aromatic nitrogens is 2. The molecule has 0 aliphatic rings. The summed E-state index contributed by atoms with van der Waals surface area (Å²) in [6.45, 7) is 3.22. The summed E-state index contributed by atoms with van der Waals surface area (Å²) >= 11 is 0. The summed E-state index contributed by atoms with van der Waals surface area (Å²) < 4.78 is 0. The SMILES string of the molecule is C#CCN(CC)c1cc(C#N)ncn1. The van der Waals surface area contributed by atoms with Crippen LogP contribution in [0.4, 0.5) is 5.82 Å². The van der Waals surface area contributed by atoms with Crippen molar-refractivity contribution in [1.29, 1.82) is 5.26 Å². The molecule has 0 unspecified atom stereocenters. The van der Waals surface area contributed by atoms with Crippen molar-refractivity contribution in [3.8, 4) is 18.4 Å². The van der Waals surface area contributed by atoms with Crippen molar-refractivity contribution < 1.29 is 0 Å². The zero-order valence-corrected chi connectivity index (χ0v) is 7.94. The minimum atomic E-state index is 0.352. The van der Waals surface area contributed by atoms with Gasteiger partial charge >= 0.3 is 0 Å². The van der Waals surface area contributed by atoms with Crippen LogP contribution >= 0.6 is 0 Å². The average molecular weight is 186 g/mol. The van der Waals surface area contributed by atoms with Crippen LogP contribution < -0.4 is 4.90 Å². The van der Waals surface area contributed by atoms with Crippen LogP contribution in [0.15, 0.2) is 12.4 Å². The third-order valence-corrected chi connectivity index (χ3v) is 1.76.